The van der Waals surface area contributed by atoms with Gasteiger partial charge in [-0.3, -0.25) is 4.79 Å². The van der Waals surface area contributed by atoms with Crippen molar-refractivity contribution in [1.82, 2.24) is 0 Å². The zero-order chi connectivity index (χ0) is 7.35. The van der Waals surface area contributed by atoms with E-state index < -0.39 is 0 Å². The molecule has 2 atom stereocenters. The number of carbonyl (C=O) groups is 1. The van der Waals surface area contributed by atoms with E-state index in [1.54, 1.807) is 0 Å². The van der Waals surface area contributed by atoms with Crippen LogP contribution in [-0.2, 0) is 4.79 Å². The number of carbonyl (C=O) groups excluding carboxylic acids is 1. The van der Waals surface area contributed by atoms with Gasteiger partial charge in [0.05, 0.1) is 0 Å². The fourth-order valence-electron chi connectivity index (χ4n) is 2.49. The summed E-state index contributed by atoms with van der Waals surface area (Å²) < 4.78 is 0. The molecule has 56 valence electrons. The molecule has 0 heterocycles. The maximum Gasteiger partial charge on any atom is 0.136 e. The van der Waals surface area contributed by atoms with E-state index in [4.69, 9.17) is 0 Å². The minimum atomic E-state index is 0.479. The molecule has 10 heavy (non-hydrogen) atoms. The molecule has 0 aromatic rings. The van der Waals surface area contributed by atoms with Crippen LogP contribution >= 0.6 is 0 Å². The summed E-state index contributed by atoms with van der Waals surface area (Å²) in [6, 6.07) is 0. The van der Waals surface area contributed by atoms with Gasteiger partial charge in [-0.25, -0.2) is 0 Å². The molecule has 2 aliphatic carbocycles. The van der Waals surface area contributed by atoms with Gasteiger partial charge in [0.25, 0.3) is 0 Å². The van der Waals surface area contributed by atoms with Gasteiger partial charge in [0, 0.05) is 12.3 Å². The number of hydrogen-bond acceptors (Lipinski definition) is 1. The third-order valence-electron chi connectivity index (χ3n) is 3.49. The first kappa shape index (κ1) is 6.38. The molecule has 0 bridgehead atoms. The lowest BCUT2D eigenvalue weighted by atomic mass is 9.90. The Labute approximate surface area is 61.8 Å². The first-order chi connectivity index (χ1) is 4.67. The van der Waals surface area contributed by atoms with Crippen LogP contribution < -0.4 is 0 Å². The van der Waals surface area contributed by atoms with Gasteiger partial charge in [-0.1, -0.05) is 13.8 Å². The largest absolute Gasteiger partial charge is 0.299 e. The topological polar surface area (TPSA) is 17.1 Å². The SMILES string of the molecule is CC(C)[C@@]12CCC(=O)[C@@H]1C2. The lowest BCUT2D eigenvalue weighted by molar-refractivity contribution is -0.119. The summed E-state index contributed by atoms with van der Waals surface area (Å²) in [5.74, 6) is 1.74. The summed E-state index contributed by atoms with van der Waals surface area (Å²) in [6.45, 7) is 4.50. The van der Waals surface area contributed by atoms with E-state index in [9.17, 15) is 4.79 Å². The van der Waals surface area contributed by atoms with Crippen LogP contribution in [0, 0.1) is 17.3 Å². The molecule has 2 rings (SSSR count). The average Bonchev–Trinajstić information content (AvgIpc) is 2.52. The van der Waals surface area contributed by atoms with Crippen LogP contribution in [0.15, 0.2) is 0 Å². The summed E-state index contributed by atoms with van der Waals surface area (Å²) in [5.41, 5.74) is 0.483. The molecule has 0 N–H and O–H groups in total. The lowest BCUT2D eigenvalue weighted by Gasteiger charge is -2.14. The molecule has 0 aliphatic heterocycles. The molecule has 0 amide bonds. The molecule has 0 radical (unpaired) electrons. The molecular formula is C9H14O. The van der Waals surface area contributed by atoms with Gasteiger partial charge in [-0.2, -0.15) is 0 Å². The highest BCUT2D eigenvalue weighted by atomic mass is 16.1. The minimum Gasteiger partial charge on any atom is -0.299 e. The Morgan fingerprint density at radius 1 is 1.60 bits per heavy atom. The van der Waals surface area contributed by atoms with E-state index in [0.717, 1.165) is 12.3 Å². The maximum atomic E-state index is 11.1. The summed E-state index contributed by atoms with van der Waals surface area (Å²) in [7, 11) is 0. The van der Waals surface area contributed by atoms with Crippen molar-refractivity contribution >= 4 is 5.78 Å². The Bertz CT molecular complexity index is 183. The number of ketones is 1. The Morgan fingerprint density at radius 2 is 2.30 bits per heavy atom. The highest BCUT2D eigenvalue weighted by molar-refractivity contribution is 5.87. The van der Waals surface area contributed by atoms with Crippen LogP contribution in [0.5, 0.6) is 0 Å². The molecule has 2 aliphatic rings. The smallest absolute Gasteiger partial charge is 0.136 e. The van der Waals surface area contributed by atoms with Crippen LogP contribution in [0.1, 0.15) is 33.1 Å². The third-order valence-corrected chi connectivity index (χ3v) is 3.49. The van der Waals surface area contributed by atoms with E-state index >= 15 is 0 Å². The monoisotopic (exact) mass is 138 g/mol. The van der Waals surface area contributed by atoms with Gasteiger partial charge in [-0.05, 0) is 24.2 Å². The second kappa shape index (κ2) is 1.63. The predicted octanol–water partition coefficient (Wildman–Crippen LogP) is 2.01. The van der Waals surface area contributed by atoms with E-state index in [1.807, 2.05) is 0 Å². The van der Waals surface area contributed by atoms with Crippen molar-refractivity contribution in [2.24, 2.45) is 17.3 Å². The number of Topliss-reactive ketones (excluding diaryl/α,β-unsaturated/α-hetero) is 1. The number of fused-ring (bicyclic) bond motifs is 1. The lowest BCUT2D eigenvalue weighted by Crippen LogP contribution is -2.07. The normalized spacial score (nSPS) is 44.3. The zero-order valence-corrected chi connectivity index (χ0v) is 6.68. The Balaban J connectivity index is 2.18. The summed E-state index contributed by atoms with van der Waals surface area (Å²) in [5, 5.41) is 0. The molecule has 1 nitrogen and oxygen atoms in total. The fraction of sp³-hybridized carbons (Fsp3) is 0.889. The van der Waals surface area contributed by atoms with Gasteiger partial charge >= 0.3 is 0 Å². The second-order valence-electron chi connectivity index (χ2n) is 4.11. The molecule has 0 spiro atoms. The van der Waals surface area contributed by atoms with E-state index in [0.29, 0.717) is 17.1 Å². The fourth-order valence-corrected chi connectivity index (χ4v) is 2.49. The predicted molar refractivity (Wildman–Crippen MR) is 39.6 cm³/mol. The quantitative estimate of drug-likeness (QED) is 0.541. The molecule has 2 fully saturated rings. The third kappa shape index (κ3) is 0.561. The first-order valence-corrected chi connectivity index (χ1v) is 4.19. The van der Waals surface area contributed by atoms with Gasteiger partial charge in [0.15, 0.2) is 0 Å². The van der Waals surface area contributed by atoms with E-state index in [2.05, 4.69) is 13.8 Å². The van der Waals surface area contributed by atoms with Gasteiger partial charge in [-0.15, -0.1) is 0 Å². The second-order valence-corrected chi connectivity index (χ2v) is 4.11. The van der Waals surface area contributed by atoms with Crippen molar-refractivity contribution in [1.29, 1.82) is 0 Å². The summed E-state index contributed by atoms with van der Waals surface area (Å²) >= 11 is 0. The van der Waals surface area contributed by atoms with Crippen LogP contribution in [0.3, 0.4) is 0 Å². The standard InChI is InChI=1S/C9H14O/c1-6(2)9-4-3-8(10)7(9)5-9/h6-7H,3-5H2,1-2H3/t7-,9-/m0/s1. The molecule has 0 unspecified atom stereocenters. The summed E-state index contributed by atoms with van der Waals surface area (Å²) in [4.78, 5) is 11.1. The molecule has 0 saturated heterocycles. The number of rotatable bonds is 1. The van der Waals surface area contributed by atoms with Crippen molar-refractivity contribution in [2.75, 3.05) is 0 Å². The highest BCUT2D eigenvalue weighted by Crippen LogP contribution is 2.65. The van der Waals surface area contributed by atoms with E-state index in [-0.39, 0.29) is 0 Å². The Hall–Kier alpha value is -0.330. The number of hydrogen-bond donors (Lipinski definition) is 0. The molecule has 0 aromatic heterocycles. The van der Waals surface area contributed by atoms with Crippen molar-refractivity contribution in [3.05, 3.63) is 0 Å². The average molecular weight is 138 g/mol. The van der Waals surface area contributed by atoms with Gasteiger partial charge < -0.3 is 0 Å². The van der Waals surface area contributed by atoms with Crippen LogP contribution in [0.2, 0.25) is 0 Å². The van der Waals surface area contributed by atoms with Crippen LogP contribution in [0.25, 0.3) is 0 Å². The highest BCUT2D eigenvalue weighted by Gasteiger charge is 2.62. The summed E-state index contributed by atoms with van der Waals surface area (Å²) in [6.07, 6.45) is 3.24. The minimum absolute atomic E-state index is 0.479. The maximum absolute atomic E-state index is 11.1. The molecule has 0 aromatic carbocycles. The van der Waals surface area contributed by atoms with Crippen molar-refractivity contribution in [3.8, 4) is 0 Å². The van der Waals surface area contributed by atoms with Gasteiger partial charge in [0.2, 0.25) is 0 Å². The molecular weight excluding hydrogens is 124 g/mol. The Kier molecular flexibility index (Phi) is 1.04. The van der Waals surface area contributed by atoms with Crippen LogP contribution in [0.4, 0.5) is 0 Å². The van der Waals surface area contributed by atoms with Crippen molar-refractivity contribution in [3.63, 3.8) is 0 Å². The van der Waals surface area contributed by atoms with Gasteiger partial charge in [0.1, 0.15) is 5.78 Å². The van der Waals surface area contributed by atoms with Crippen molar-refractivity contribution < 1.29 is 4.79 Å². The van der Waals surface area contributed by atoms with Crippen LogP contribution in [-0.4, -0.2) is 5.78 Å². The van der Waals surface area contributed by atoms with Crippen molar-refractivity contribution in [2.45, 2.75) is 33.1 Å². The van der Waals surface area contributed by atoms with E-state index in [1.165, 1.54) is 12.8 Å². The first-order valence-electron chi connectivity index (χ1n) is 4.19. The Morgan fingerprint density at radius 3 is 2.50 bits per heavy atom. The zero-order valence-electron chi connectivity index (χ0n) is 6.68. The molecule has 2 saturated carbocycles. The molecule has 1 heteroatoms.